The fourth-order valence-electron chi connectivity index (χ4n) is 2.35. The molecular formula is C15H21FN2O3. The third-order valence-electron chi connectivity index (χ3n) is 3.44. The normalized spacial score (nSPS) is 17.7. The zero-order chi connectivity index (χ0) is 15.2. The van der Waals surface area contributed by atoms with Crippen LogP contribution < -0.4 is 11.1 Å². The quantitative estimate of drug-likeness (QED) is 0.623. The molecule has 0 amide bonds. The molecule has 1 heterocycles. The van der Waals surface area contributed by atoms with Crippen LogP contribution in [-0.2, 0) is 9.47 Å². The van der Waals surface area contributed by atoms with E-state index in [2.05, 4.69) is 5.32 Å². The Kier molecular flexibility index (Phi) is 5.38. The Morgan fingerprint density at radius 2 is 2.38 bits per heavy atom. The summed E-state index contributed by atoms with van der Waals surface area (Å²) < 4.78 is 24.3. The van der Waals surface area contributed by atoms with Crippen LogP contribution in [0.4, 0.5) is 15.8 Å². The van der Waals surface area contributed by atoms with E-state index in [1.165, 1.54) is 6.07 Å². The molecule has 21 heavy (non-hydrogen) atoms. The molecule has 116 valence electrons. The first-order valence-corrected chi connectivity index (χ1v) is 7.23. The molecule has 0 aliphatic carbocycles. The number of carbonyl (C=O) groups is 1. The summed E-state index contributed by atoms with van der Waals surface area (Å²) >= 11 is 0. The number of carbonyl (C=O) groups excluding carboxylic acids is 1. The van der Waals surface area contributed by atoms with Gasteiger partial charge in [-0.25, -0.2) is 9.18 Å². The fourth-order valence-corrected chi connectivity index (χ4v) is 2.35. The lowest BCUT2D eigenvalue weighted by atomic mass is 10.1. The standard InChI is InChI=1S/C15H21FN2O3/c1-2-20-15(19)11-8-14(12(16)9-13(11)17)18-6-5-10-4-3-7-21-10/h8-10,18H,2-7,17H2,1H3. The number of nitrogen functional groups attached to an aromatic ring is 1. The van der Waals surface area contributed by atoms with Crippen LogP contribution in [0.25, 0.3) is 0 Å². The Morgan fingerprint density at radius 3 is 3.05 bits per heavy atom. The van der Waals surface area contributed by atoms with Crippen molar-refractivity contribution >= 4 is 17.3 Å². The highest BCUT2D eigenvalue weighted by Gasteiger charge is 2.17. The summed E-state index contributed by atoms with van der Waals surface area (Å²) in [7, 11) is 0. The second kappa shape index (κ2) is 7.26. The van der Waals surface area contributed by atoms with E-state index in [0.717, 1.165) is 31.9 Å². The summed E-state index contributed by atoms with van der Waals surface area (Å²) in [5.74, 6) is -1.02. The van der Waals surface area contributed by atoms with Crippen LogP contribution >= 0.6 is 0 Å². The van der Waals surface area contributed by atoms with E-state index in [9.17, 15) is 9.18 Å². The summed E-state index contributed by atoms with van der Waals surface area (Å²) in [5, 5.41) is 2.99. The van der Waals surface area contributed by atoms with E-state index in [0.29, 0.717) is 6.54 Å². The number of nitrogens with one attached hydrogen (secondary N) is 1. The SMILES string of the molecule is CCOC(=O)c1cc(NCCC2CCCO2)c(F)cc1N. The van der Waals surface area contributed by atoms with Crippen molar-refractivity contribution in [2.45, 2.75) is 32.3 Å². The second-order valence-electron chi connectivity index (χ2n) is 4.99. The van der Waals surface area contributed by atoms with E-state index in [1.54, 1.807) is 6.92 Å². The number of hydrogen-bond donors (Lipinski definition) is 2. The fraction of sp³-hybridized carbons (Fsp3) is 0.533. The molecule has 1 atom stereocenters. The molecule has 1 unspecified atom stereocenters. The molecular weight excluding hydrogens is 275 g/mol. The van der Waals surface area contributed by atoms with Crippen LogP contribution in [0.2, 0.25) is 0 Å². The van der Waals surface area contributed by atoms with Crippen LogP contribution in [0.5, 0.6) is 0 Å². The highest BCUT2D eigenvalue weighted by atomic mass is 19.1. The molecule has 1 fully saturated rings. The molecule has 3 N–H and O–H groups in total. The summed E-state index contributed by atoms with van der Waals surface area (Å²) in [6.45, 7) is 3.33. The number of ether oxygens (including phenoxy) is 2. The van der Waals surface area contributed by atoms with Gasteiger partial charge in [0.15, 0.2) is 0 Å². The molecule has 0 bridgehead atoms. The molecule has 0 spiro atoms. The molecule has 0 saturated carbocycles. The zero-order valence-electron chi connectivity index (χ0n) is 12.2. The van der Waals surface area contributed by atoms with Crippen LogP contribution in [-0.4, -0.2) is 31.8 Å². The van der Waals surface area contributed by atoms with Crippen LogP contribution in [0.1, 0.15) is 36.5 Å². The third kappa shape index (κ3) is 4.07. The minimum Gasteiger partial charge on any atom is -0.462 e. The maximum absolute atomic E-state index is 13.9. The van der Waals surface area contributed by atoms with Gasteiger partial charge in [0.25, 0.3) is 0 Å². The van der Waals surface area contributed by atoms with Gasteiger partial charge in [-0.1, -0.05) is 0 Å². The number of esters is 1. The van der Waals surface area contributed by atoms with Crippen molar-refractivity contribution in [3.8, 4) is 0 Å². The van der Waals surface area contributed by atoms with Crippen molar-refractivity contribution in [2.24, 2.45) is 0 Å². The van der Waals surface area contributed by atoms with Crippen LogP contribution in [0.15, 0.2) is 12.1 Å². The van der Waals surface area contributed by atoms with Crippen molar-refractivity contribution in [3.63, 3.8) is 0 Å². The van der Waals surface area contributed by atoms with Gasteiger partial charge in [0.05, 0.1) is 24.0 Å². The van der Waals surface area contributed by atoms with Gasteiger partial charge in [-0.15, -0.1) is 0 Å². The molecule has 0 aromatic heterocycles. The Bertz CT molecular complexity index is 502. The molecule has 2 rings (SSSR count). The molecule has 1 aliphatic heterocycles. The van der Waals surface area contributed by atoms with Gasteiger partial charge in [0.2, 0.25) is 0 Å². The number of rotatable bonds is 6. The van der Waals surface area contributed by atoms with Crippen molar-refractivity contribution in [1.29, 1.82) is 0 Å². The van der Waals surface area contributed by atoms with E-state index in [1.807, 2.05) is 0 Å². The predicted octanol–water partition coefficient (Wildman–Crippen LogP) is 2.57. The summed E-state index contributed by atoms with van der Waals surface area (Å²) in [4.78, 5) is 11.7. The monoisotopic (exact) mass is 296 g/mol. The topological polar surface area (TPSA) is 73.6 Å². The minimum atomic E-state index is -0.544. The maximum atomic E-state index is 13.9. The van der Waals surface area contributed by atoms with Crippen LogP contribution in [0, 0.1) is 5.82 Å². The van der Waals surface area contributed by atoms with Gasteiger partial charge in [0.1, 0.15) is 5.82 Å². The molecule has 1 aromatic rings. The lowest BCUT2D eigenvalue weighted by Gasteiger charge is -2.13. The summed E-state index contributed by atoms with van der Waals surface area (Å²) in [5.41, 5.74) is 6.17. The third-order valence-corrected chi connectivity index (χ3v) is 3.44. The Balaban J connectivity index is 2.00. The predicted molar refractivity (Wildman–Crippen MR) is 78.8 cm³/mol. The Hall–Kier alpha value is -1.82. The highest BCUT2D eigenvalue weighted by Crippen LogP contribution is 2.23. The number of hydrogen-bond acceptors (Lipinski definition) is 5. The largest absolute Gasteiger partial charge is 0.462 e. The summed E-state index contributed by atoms with van der Waals surface area (Å²) in [6, 6.07) is 2.54. The first kappa shape index (κ1) is 15.6. The minimum absolute atomic E-state index is 0.0793. The van der Waals surface area contributed by atoms with Gasteiger partial charge in [-0.3, -0.25) is 0 Å². The number of benzene rings is 1. The Morgan fingerprint density at radius 1 is 1.57 bits per heavy atom. The van der Waals surface area contributed by atoms with Crippen molar-refractivity contribution in [1.82, 2.24) is 0 Å². The molecule has 1 aromatic carbocycles. The average molecular weight is 296 g/mol. The van der Waals surface area contributed by atoms with Gasteiger partial charge >= 0.3 is 5.97 Å². The second-order valence-corrected chi connectivity index (χ2v) is 4.99. The molecule has 5 nitrogen and oxygen atoms in total. The van der Waals surface area contributed by atoms with E-state index >= 15 is 0 Å². The van der Waals surface area contributed by atoms with Crippen molar-refractivity contribution < 1.29 is 18.7 Å². The molecule has 0 radical (unpaired) electrons. The van der Waals surface area contributed by atoms with Crippen LogP contribution in [0.3, 0.4) is 0 Å². The van der Waals surface area contributed by atoms with Crippen molar-refractivity contribution in [3.05, 3.63) is 23.5 Å². The maximum Gasteiger partial charge on any atom is 0.340 e. The van der Waals surface area contributed by atoms with Crippen molar-refractivity contribution in [2.75, 3.05) is 30.8 Å². The van der Waals surface area contributed by atoms with Gasteiger partial charge in [-0.05, 0) is 38.3 Å². The molecule has 1 saturated heterocycles. The van der Waals surface area contributed by atoms with Gasteiger partial charge in [0, 0.05) is 18.8 Å². The number of halogens is 1. The number of anilines is 2. The highest BCUT2D eigenvalue weighted by molar-refractivity contribution is 5.96. The van der Waals surface area contributed by atoms with E-state index in [-0.39, 0.29) is 29.6 Å². The van der Waals surface area contributed by atoms with E-state index < -0.39 is 11.8 Å². The number of nitrogens with two attached hydrogens (primary N) is 1. The zero-order valence-corrected chi connectivity index (χ0v) is 12.2. The first-order chi connectivity index (χ1) is 10.1. The first-order valence-electron chi connectivity index (χ1n) is 7.23. The van der Waals surface area contributed by atoms with Gasteiger partial charge in [-0.2, -0.15) is 0 Å². The van der Waals surface area contributed by atoms with Gasteiger partial charge < -0.3 is 20.5 Å². The summed E-state index contributed by atoms with van der Waals surface area (Å²) in [6.07, 6.45) is 3.16. The Labute approximate surface area is 123 Å². The molecule has 1 aliphatic rings. The molecule has 6 heteroatoms. The smallest absolute Gasteiger partial charge is 0.340 e. The lowest BCUT2D eigenvalue weighted by molar-refractivity contribution is 0.0527. The average Bonchev–Trinajstić information content (AvgIpc) is 2.94. The van der Waals surface area contributed by atoms with E-state index in [4.69, 9.17) is 15.2 Å². The lowest BCUT2D eigenvalue weighted by Crippen LogP contribution is -2.14.